The van der Waals surface area contributed by atoms with Crippen molar-refractivity contribution in [3.05, 3.63) is 71.6 Å². The first kappa shape index (κ1) is 16.6. The molecule has 0 radical (unpaired) electrons. The Kier molecular flexibility index (Phi) is 4.12. The fourth-order valence-corrected chi connectivity index (χ4v) is 3.27. The molecule has 0 bridgehead atoms. The summed E-state index contributed by atoms with van der Waals surface area (Å²) in [6, 6.07) is 7.53. The molecule has 2 atom stereocenters. The Bertz CT molecular complexity index is 974. The summed E-state index contributed by atoms with van der Waals surface area (Å²) in [4.78, 5) is 12.6. The van der Waals surface area contributed by atoms with Crippen LogP contribution < -0.4 is 5.43 Å². The number of hydrogen-bond acceptors (Lipinski definition) is 3. The molecule has 1 aliphatic heterocycles. The van der Waals surface area contributed by atoms with E-state index < -0.39 is 29.8 Å². The summed E-state index contributed by atoms with van der Waals surface area (Å²) >= 11 is 0. The van der Waals surface area contributed by atoms with Crippen LogP contribution >= 0.6 is 0 Å². The lowest BCUT2D eigenvalue weighted by atomic mass is 10.0. The fraction of sp³-hybridized carbons (Fsp3) is 0.222. The number of rotatable bonds is 3. The van der Waals surface area contributed by atoms with Crippen molar-refractivity contribution in [3.63, 3.8) is 0 Å². The second-order valence-electron chi connectivity index (χ2n) is 6.20. The number of carbonyl (C=O) groups is 1. The first-order chi connectivity index (χ1) is 12.5. The number of benzene rings is 1. The van der Waals surface area contributed by atoms with Gasteiger partial charge in [0.1, 0.15) is 17.8 Å². The molecule has 0 saturated carbocycles. The number of amides is 1. The highest BCUT2D eigenvalue weighted by atomic mass is 19.1. The fourth-order valence-electron chi connectivity index (χ4n) is 3.27. The van der Waals surface area contributed by atoms with Gasteiger partial charge >= 0.3 is 0 Å². The van der Waals surface area contributed by atoms with Crippen LogP contribution in [0.25, 0.3) is 5.52 Å². The molecule has 0 aliphatic carbocycles. The number of nitrogens with one attached hydrogen (secondary N) is 1. The van der Waals surface area contributed by atoms with E-state index in [0.29, 0.717) is 11.1 Å². The molecule has 3 aromatic rings. The lowest BCUT2D eigenvalue weighted by Crippen LogP contribution is -2.42. The maximum Gasteiger partial charge on any atom is 0.269 e. The molecular weight excluding hydrogens is 345 g/mol. The van der Waals surface area contributed by atoms with Crippen molar-refractivity contribution >= 4 is 11.4 Å². The standard InChI is InChI=1S/C18H15F3N4O/c19-11-4-5-15(21)13(7-11)17-8-12(20)10-25(17)23-18(26)14-9-22-24-6-2-1-3-16(14)24/h1-7,9,12,17H,8,10H2,(H,23,26)/t12-,17-/m1/s1. The van der Waals surface area contributed by atoms with Crippen LogP contribution in [0.5, 0.6) is 0 Å². The Hall–Kier alpha value is -2.87. The van der Waals surface area contributed by atoms with Gasteiger partial charge in [-0.3, -0.25) is 10.2 Å². The predicted molar refractivity (Wildman–Crippen MR) is 88.0 cm³/mol. The third kappa shape index (κ3) is 2.92. The van der Waals surface area contributed by atoms with Gasteiger partial charge in [0.15, 0.2) is 0 Å². The number of halogens is 3. The third-order valence-corrected chi connectivity index (χ3v) is 4.48. The van der Waals surface area contributed by atoms with Crippen LogP contribution in [0.15, 0.2) is 48.8 Å². The van der Waals surface area contributed by atoms with E-state index in [1.54, 1.807) is 28.9 Å². The number of carbonyl (C=O) groups excluding carboxylic acids is 1. The largest absolute Gasteiger partial charge is 0.284 e. The van der Waals surface area contributed by atoms with Gasteiger partial charge in [-0.15, -0.1) is 0 Å². The highest BCUT2D eigenvalue weighted by Crippen LogP contribution is 2.34. The van der Waals surface area contributed by atoms with E-state index in [2.05, 4.69) is 10.5 Å². The van der Waals surface area contributed by atoms with Crippen molar-refractivity contribution in [1.29, 1.82) is 0 Å². The minimum atomic E-state index is -1.26. The lowest BCUT2D eigenvalue weighted by molar-refractivity contribution is 0.0755. The van der Waals surface area contributed by atoms with Crippen LogP contribution in [-0.2, 0) is 0 Å². The van der Waals surface area contributed by atoms with Crippen LogP contribution in [-0.4, -0.2) is 33.2 Å². The van der Waals surface area contributed by atoms with Crippen molar-refractivity contribution in [3.8, 4) is 0 Å². The zero-order valence-corrected chi connectivity index (χ0v) is 13.6. The third-order valence-electron chi connectivity index (χ3n) is 4.48. The number of fused-ring (bicyclic) bond motifs is 1. The maximum atomic E-state index is 14.1. The molecule has 1 N–H and O–H groups in total. The SMILES string of the molecule is O=C(NN1C[C@H](F)C[C@@H]1c1cc(F)ccc1F)c1cnn2ccccc12. The lowest BCUT2D eigenvalue weighted by Gasteiger charge is -2.25. The van der Waals surface area contributed by atoms with E-state index in [-0.39, 0.29) is 18.5 Å². The molecule has 2 aromatic heterocycles. The maximum absolute atomic E-state index is 14.1. The Morgan fingerprint density at radius 3 is 2.92 bits per heavy atom. The van der Waals surface area contributed by atoms with Crippen LogP contribution in [0.3, 0.4) is 0 Å². The predicted octanol–water partition coefficient (Wildman–Crippen LogP) is 3.04. The summed E-state index contributed by atoms with van der Waals surface area (Å²) in [7, 11) is 0. The number of hydrogen-bond donors (Lipinski definition) is 1. The first-order valence-corrected chi connectivity index (χ1v) is 8.12. The summed E-state index contributed by atoms with van der Waals surface area (Å²) < 4.78 is 43.1. The second-order valence-corrected chi connectivity index (χ2v) is 6.20. The minimum Gasteiger partial charge on any atom is -0.284 e. The van der Waals surface area contributed by atoms with Gasteiger partial charge in [-0.1, -0.05) is 6.07 Å². The average Bonchev–Trinajstić information content (AvgIpc) is 3.20. The first-order valence-electron chi connectivity index (χ1n) is 8.12. The molecular formula is C18H15F3N4O. The summed E-state index contributed by atoms with van der Waals surface area (Å²) in [6.07, 6.45) is 1.82. The van der Waals surface area contributed by atoms with Crippen molar-refractivity contribution in [2.45, 2.75) is 18.6 Å². The van der Waals surface area contributed by atoms with Gasteiger partial charge in [-0.2, -0.15) is 5.10 Å². The molecule has 26 heavy (non-hydrogen) atoms. The molecule has 1 fully saturated rings. The molecule has 8 heteroatoms. The van der Waals surface area contributed by atoms with Crippen molar-refractivity contribution in [2.24, 2.45) is 0 Å². The highest BCUT2D eigenvalue weighted by Gasteiger charge is 2.36. The van der Waals surface area contributed by atoms with Gasteiger partial charge in [0, 0.05) is 18.2 Å². The summed E-state index contributed by atoms with van der Waals surface area (Å²) in [6.45, 7) is -0.106. The van der Waals surface area contributed by atoms with E-state index in [4.69, 9.17) is 0 Å². The van der Waals surface area contributed by atoms with E-state index in [1.807, 2.05) is 0 Å². The van der Waals surface area contributed by atoms with Crippen LogP contribution in [0.4, 0.5) is 13.2 Å². The van der Waals surface area contributed by atoms with Crippen molar-refractivity contribution in [1.82, 2.24) is 20.0 Å². The molecule has 1 saturated heterocycles. The van der Waals surface area contributed by atoms with Gasteiger partial charge in [0.05, 0.1) is 29.9 Å². The molecule has 5 nitrogen and oxygen atoms in total. The Morgan fingerprint density at radius 2 is 2.08 bits per heavy atom. The smallest absolute Gasteiger partial charge is 0.269 e. The molecule has 1 aromatic carbocycles. The topological polar surface area (TPSA) is 49.6 Å². The molecule has 4 rings (SSSR count). The Labute approximate surface area is 147 Å². The quantitative estimate of drug-likeness (QED) is 0.781. The van der Waals surface area contributed by atoms with Crippen LogP contribution in [0, 0.1) is 11.6 Å². The molecule has 1 amide bonds. The number of alkyl halides is 1. The second kappa shape index (κ2) is 6.45. The van der Waals surface area contributed by atoms with Gasteiger partial charge in [0.25, 0.3) is 5.91 Å². The average molecular weight is 360 g/mol. The van der Waals surface area contributed by atoms with E-state index in [0.717, 1.165) is 18.2 Å². The van der Waals surface area contributed by atoms with Crippen molar-refractivity contribution in [2.75, 3.05) is 6.54 Å². The van der Waals surface area contributed by atoms with Gasteiger partial charge in [0.2, 0.25) is 0 Å². The molecule has 3 heterocycles. The van der Waals surface area contributed by atoms with Gasteiger partial charge in [-0.25, -0.2) is 22.7 Å². The molecule has 1 aliphatic rings. The zero-order chi connectivity index (χ0) is 18.3. The summed E-state index contributed by atoms with van der Waals surface area (Å²) in [5.74, 6) is -1.74. The van der Waals surface area contributed by atoms with E-state index in [1.165, 1.54) is 11.2 Å². The number of pyridine rings is 1. The monoisotopic (exact) mass is 360 g/mol. The summed E-state index contributed by atoms with van der Waals surface area (Å²) in [5, 5.41) is 5.40. The zero-order valence-electron chi connectivity index (χ0n) is 13.6. The van der Waals surface area contributed by atoms with Crippen LogP contribution in [0.1, 0.15) is 28.4 Å². The number of aromatic nitrogens is 2. The Morgan fingerprint density at radius 1 is 1.23 bits per heavy atom. The molecule has 134 valence electrons. The molecule has 0 spiro atoms. The normalized spacial score (nSPS) is 20.6. The van der Waals surface area contributed by atoms with E-state index >= 15 is 0 Å². The minimum absolute atomic E-state index is 0.0188. The Balaban J connectivity index is 1.61. The summed E-state index contributed by atoms with van der Waals surface area (Å²) in [5.41, 5.74) is 3.53. The number of hydrazine groups is 1. The van der Waals surface area contributed by atoms with E-state index in [9.17, 15) is 18.0 Å². The molecule has 0 unspecified atom stereocenters. The van der Waals surface area contributed by atoms with Gasteiger partial charge in [-0.05, 0) is 30.3 Å². The van der Waals surface area contributed by atoms with Crippen LogP contribution in [0.2, 0.25) is 0 Å². The van der Waals surface area contributed by atoms with Crippen molar-refractivity contribution < 1.29 is 18.0 Å². The number of nitrogens with zero attached hydrogens (tertiary/aromatic N) is 3. The van der Waals surface area contributed by atoms with Gasteiger partial charge < -0.3 is 0 Å². The highest BCUT2D eigenvalue weighted by molar-refractivity contribution is 6.00.